The van der Waals surface area contributed by atoms with E-state index in [1.54, 1.807) is 18.2 Å². The van der Waals surface area contributed by atoms with Crippen LogP contribution in [0.5, 0.6) is 0 Å². The van der Waals surface area contributed by atoms with E-state index in [1.165, 1.54) is 6.07 Å². The molecular weight excluding hydrogens is 391 g/mol. The lowest BCUT2D eigenvalue weighted by atomic mass is 10.1. The van der Waals surface area contributed by atoms with E-state index < -0.39 is 5.82 Å². The Bertz CT molecular complexity index is 1090. The average Bonchev–Trinajstić information content (AvgIpc) is 2.69. The standard InChI is InChI=1S/C24H27FN6/c1-16(2)9-7-11-18(4)26-22-29-23(27-19-12-8-10-17(3)15-19)31-24(30-22)28-21-14-6-5-13-20(21)25/h5-8,10-16H,9H2,1-4H3,(H2,27,28,29,30,31)/b11-7-,26-18?. The second-order valence-electron chi connectivity index (χ2n) is 7.67. The Morgan fingerprint density at radius 1 is 1.03 bits per heavy atom. The molecule has 6 nitrogen and oxygen atoms in total. The number of hydrogen-bond donors (Lipinski definition) is 2. The summed E-state index contributed by atoms with van der Waals surface area (Å²) < 4.78 is 14.1. The molecule has 0 atom stereocenters. The molecule has 31 heavy (non-hydrogen) atoms. The van der Waals surface area contributed by atoms with E-state index in [0.29, 0.717) is 11.9 Å². The van der Waals surface area contributed by atoms with E-state index in [0.717, 1.165) is 23.4 Å². The molecule has 3 rings (SSSR count). The quantitative estimate of drug-likeness (QED) is 0.408. The zero-order valence-electron chi connectivity index (χ0n) is 18.2. The van der Waals surface area contributed by atoms with Gasteiger partial charge in [-0.15, -0.1) is 0 Å². The molecule has 0 aliphatic rings. The monoisotopic (exact) mass is 418 g/mol. The molecule has 1 heterocycles. The van der Waals surface area contributed by atoms with Crippen LogP contribution in [0.4, 0.5) is 33.6 Å². The van der Waals surface area contributed by atoms with Crippen molar-refractivity contribution in [3.05, 3.63) is 72.1 Å². The Morgan fingerprint density at radius 2 is 1.77 bits per heavy atom. The highest BCUT2D eigenvalue weighted by atomic mass is 19.1. The summed E-state index contributed by atoms with van der Waals surface area (Å²) in [6.07, 6.45) is 4.99. The van der Waals surface area contributed by atoms with E-state index in [1.807, 2.05) is 44.2 Å². The van der Waals surface area contributed by atoms with E-state index in [9.17, 15) is 4.39 Å². The van der Waals surface area contributed by atoms with Gasteiger partial charge in [-0.3, -0.25) is 0 Å². The summed E-state index contributed by atoms with van der Waals surface area (Å²) in [5.74, 6) is 0.928. The van der Waals surface area contributed by atoms with Crippen molar-refractivity contribution in [1.29, 1.82) is 0 Å². The molecule has 0 amide bonds. The minimum Gasteiger partial charge on any atom is -0.324 e. The number of benzene rings is 2. The lowest BCUT2D eigenvalue weighted by Gasteiger charge is -2.10. The van der Waals surface area contributed by atoms with Gasteiger partial charge in [-0.05, 0) is 62.1 Å². The fraction of sp³-hybridized carbons (Fsp3) is 0.250. The lowest BCUT2D eigenvalue weighted by molar-refractivity contribution is 0.631. The number of hydrogen-bond acceptors (Lipinski definition) is 6. The highest BCUT2D eigenvalue weighted by Crippen LogP contribution is 2.22. The first-order valence-electron chi connectivity index (χ1n) is 10.2. The van der Waals surface area contributed by atoms with Crippen molar-refractivity contribution < 1.29 is 4.39 Å². The number of para-hydroxylation sites is 1. The molecular formula is C24H27FN6. The van der Waals surface area contributed by atoms with Gasteiger partial charge in [0.05, 0.1) is 5.69 Å². The molecule has 2 aromatic carbocycles. The third-order valence-corrected chi connectivity index (χ3v) is 4.26. The van der Waals surface area contributed by atoms with Crippen molar-refractivity contribution >= 4 is 34.9 Å². The molecule has 160 valence electrons. The van der Waals surface area contributed by atoms with E-state index >= 15 is 0 Å². The smallest absolute Gasteiger partial charge is 0.256 e. The van der Waals surface area contributed by atoms with Crippen molar-refractivity contribution in [1.82, 2.24) is 15.0 Å². The third-order valence-electron chi connectivity index (χ3n) is 4.26. The molecule has 0 bridgehead atoms. The Morgan fingerprint density at radius 3 is 2.48 bits per heavy atom. The SMILES string of the molecule is CC(/C=C\CC(C)C)=Nc1nc(Nc2cccc(C)c2)nc(Nc2ccccc2F)n1. The van der Waals surface area contributed by atoms with Crippen LogP contribution >= 0.6 is 0 Å². The largest absolute Gasteiger partial charge is 0.324 e. The molecule has 2 N–H and O–H groups in total. The highest BCUT2D eigenvalue weighted by molar-refractivity contribution is 5.94. The van der Waals surface area contributed by atoms with Crippen molar-refractivity contribution in [3.63, 3.8) is 0 Å². The number of allylic oxidation sites excluding steroid dienone is 2. The maximum atomic E-state index is 14.1. The van der Waals surface area contributed by atoms with Crippen LogP contribution in [0.25, 0.3) is 0 Å². The van der Waals surface area contributed by atoms with Crippen LogP contribution in [0.1, 0.15) is 32.8 Å². The second-order valence-corrected chi connectivity index (χ2v) is 7.67. The molecule has 0 aliphatic carbocycles. The second kappa shape index (κ2) is 10.4. The van der Waals surface area contributed by atoms with Gasteiger partial charge >= 0.3 is 0 Å². The summed E-state index contributed by atoms with van der Waals surface area (Å²) in [5.41, 5.74) is 2.99. The number of nitrogens with zero attached hydrogens (tertiary/aromatic N) is 4. The Kier molecular flexibility index (Phi) is 7.43. The van der Waals surface area contributed by atoms with Gasteiger partial charge in [0.2, 0.25) is 11.9 Å². The van der Waals surface area contributed by atoms with Gasteiger partial charge in [-0.2, -0.15) is 15.0 Å². The first kappa shape index (κ1) is 22.1. The van der Waals surface area contributed by atoms with Crippen LogP contribution in [-0.2, 0) is 0 Å². The first-order valence-corrected chi connectivity index (χ1v) is 10.2. The van der Waals surface area contributed by atoms with Crippen LogP contribution < -0.4 is 10.6 Å². The summed E-state index contributed by atoms with van der Waals surface area (Å²) in [4.78, 5) is 17.7. The maximum Gasteiger partial charge on any atom is 0.256 e. The van der Waals surface area contributed by atoms with Gasteiger partial charge in [0.15, 0.2) is 0 Å². The highest BCUT2D eigenvalue weighted by Gasteiger charge is 2.09. The van der Waals surface area contributed by atoms with E-state index in [4.69, 9.17) is 0 Å². The summed E-state index contributed by atoms with van der Waals surface area (Å²) in [6, 6.07) is 14.2. The molecule has 0 spiro atoms. The van der Waals surface area contributed by atoms with Gasteiger partial charge in [0.1, 0.15) is 5.82 Å². The number of aromatic nitrogens is 3. The van der Waals surface area contributed by atoms with Crippen LogP contribution in [0.15, 0.2) is 65.7 Å². The summed E-state index contributed by atoms with van der Waals surface area (Å²) in [6.45, 7) is 8.21. The summed E-state index contributed by atoms with van der Waals surface area (Å²) in [5, 5.41) is 6.09. The fourth-order valence-electron chi connectivity index (χ4n) is 2.77. The molecule has 0 saturated heterocycles. The average molecular weight is 419 g/mol. The van der Waals surface area contributed by atoms with Crippen LogP contribution in [0, 0.1) is 18.7 Å². The minimum atomic E-state index is -0.394. The number of anilines is 4. The molecule has 7 heteroatoms. The van der Waals surface area contributed by atoms with Gasteiger partial charge < -0.3 is 10.6 Å². The Balaban J connectivity index is 1.93. The predicted octanol–water partition coefficient (Wildman–Crippen LogP) is 6.50. The van der Waals surface area contributed by atoms with Crippen molar-refractivity contribution in [2.45, 2.75) is 34.1 Å². The van der Waals surface area contributed by atoms with E-state index in [-0.39, 0.29) is 17.6 Å². The van der Waals surface area contributed by atoms with Crippen molar-refractivity contribution in [2.24, 2.45) is 10.9 Å². The number of nitrogens with one attached hydrogen (secondary N) is 2. The molecule has 0 fully saturated rings. The maximum absolute atomic E-state index is 14.1. The van der Waals surface area contributed by atoms with E-state index in [2.05, 4.69) is 50.5 Å². The molecule has 0 saturated carbocycles. The fourth-order valence-corrected chi connectivity index (χ4v) is 2.77. The molecule has 1 aromatic heterocycles. The summed E-state index contributed by atoms with van der Waals surface area (Å²) in [7, 11) is 0. The number of rotatable bonds is 8. The molecule has 3 aromatic rings. The first-order chi connectivity index (χ1) is 14.9. The number of aliphatic imine (C=N–C) groups is 1. The zero-order valence-corrected chi connectivity index (χ0v) is 18.2. The molecule has 0 unspecified atom stereocenters. The van der Waals surface area contributed by atoms with Crippen LogP contribution in [0.2, 0.25) is 0 Å². The van der Waals surface area contributed by atoms with Crippen LogP contribution in [-0.4, -0.2) is 20.7 Å². The number of halogens is 1. The van der Waals surface area contributed by atoms with Gasteiger partial charge in [0.25, 0.3) is 5.95 Å². The third kappa shape index (κ3) is 6.99. The number of aryl methyl sites for hydroxylation is 1. The van der Waals surface area contributed by atoms with Gasteiger partial charge in [0, 0.05) is 11.4 Å². The Labute approximate surface area is 182 Å². The molecule has 0 aliphatic heterocycles. The molecule has 0 radical (unpaired) electrons. The van der Waals surface area contributed by atoms with Gasteiger partial charge in [-0.25, -0.2) is 9.38 Å². The zero-order chi connectivity index (χ0) is 22.2. The predicted molar refractivity (Wildman–Crippen MR) is 125 cm³/mol. The Hall–Kier alpha value is -3.61. The summed E-state index contributed by atoms with van der Waals surface area (Å²) >= 11 is 0. The van der Waals surface area contributed by atoms with Crippen molar-refractivity contribution in [3.8, 4) is 0 Å². The van der Waals surface area contributed by atoms with Crippen LogP contribution in [0.3, 0.4) is 0 Å². The lowest BCUT2D eigenvalue weighted by Crippen LogP contribution is -2.05. The van der Waals surface area contributed by atoms with Crippen molar-refractivity contribution in [2.75, 3.05) is 10.6 Å². The van der Waals surface area contributed by atoms with Gasteiger partial charge in [-0.1, -0.05) is 44.2 Å². The topological polar surface area (TPSA) is 75.1 Å². The minimum absolute atomic E-state index is 0.202. The normalized spacial score (nSPS) is 11.9.